The molecule has 1 aromatic rings. The summed E-state index contributed by atoms with van der Waals surface area (Å²) in [5.41, 5.74) is -1.12. The van der Waals surface area contributed by atoms with Crippen molar-refractivity contribution in [3.8, 4) is 0 Å². The van der Waals surface area contributed by atoms with Gasteiger partial charge >= 0.3 is 0 Å². The molecule has 0 spiro atoms. The zero-order valence-electron chi connectivity index (χ0n) is 9.85. The molecule has 2 N–H and O–H groups in total. The van der Waals surface area contributed by atoms with Crippen molar-refractivity contribution in [2.24, 2.45) is 0 Å². The van der Waals surface area contributed by atoms with E-state index < -0.39 is 5.60 Å². The maximum absolute atomic E-state index is 12.2. The average Bonchev–Trinajstić information content (AvgIpc) is 2.75. The first-order valence-electron chi connectivity index (χ1n) is 5.73. The highest BCUT2D eigenvalue weighted by Crippen LogP contribution is 2.24. The third-order valence-electron chi connectivity index (χ3n) is 3.09. The van der Waals surface area contributed by atoms with Gasteiger partial charge < -0.3 is 15.1 Å². The molecule has 0 aromatic carbocycles. The highest BCUT2D eigenvalue weighted by molar-refractivity contribution is 7.13. The SMILES string of the molecule is Cc1ccc(C(=O)N2CCC[C@](O)(CO)C2)s1. The van der Waals surface area contributed by atoms with E-state index in [-0.39, 0.29) is 19.1 Å². The molecule has 1 saturated heterocycles. The number of piperidine rings is 1. The van der Waals surface area contributed by atoms with Crippen LogP contribution >= 0.6 is 11.3 Å². The number of aliphatic hydroxyl groups is 2. The number of carbonyl (C=O) groups excluding carboxylic acids is 1. The first-order chi connectivity index (χ1) is 8.04. The highest BCUT2D eigenvalue weighted by Gasteiger charge is 2.35. The van der Waals surface area contributed by atoms with Gasteiger partial charge in [-0.1, -0.05) is 0 Å². The molecule has 94 valence electrons. The van der Waals surface area contributed by atoms with Crippen molar-refractivity contribution >= 4 is 17.2 Å². The molecule has 0 radical (unpaired) electrons. The Balaban J connectivity index is 2.10. The van der Waals surface area contributed by atoms with E-state index >= 15 is 0 Å². The van der Waals surface area contributed by atoms with Crippen molar-refractivity contribution in [1.29, 1.82) is 0 Å². The topological polar surface area (TPSA) is 60.8 Å². The molecule has 0 unspecified atom stereocenters. The lowest BCUT2D eigenvalue weighted by molar-refractivity contribution is -0.0597. The fourth-order valence-electron chi connectivity index (χ4n) is 2.12. The fourth-order valence-corrected chi connectivity index (χ4v) is 2.96. The molecule has 5 heteroatoms. The van der Waals surface area contributed by atoms with Gasteiger partial charge in [0.1, 0.15) is 5.60 Å². The number of β-amino-alcohol motifs (C(OH)–C–C–N with tert-alkyl or cyclic N) is 1. The molecular formula is C12H17NO3S. The molecule has 0 aliphatic carbocycles. The van der Waals surface area contributed by atoms with Gasteiger partial charge in [0.05, 0.1) is 18.0 Å². The quantitative estimate of drug-likeness (QED) is 0.829. The minimum atomic E-state index is -1.12. The fraction of sp³-hybridized carbons (Fsp3) is 0.583. The van der Waals surface area contributed by atoms with Crippen LogP contribution in [0.4, 0.5) is 0 Å². The van der Waals surface area contributed by atoms with Crippen LogP contribution in [0.2, 0.25) is 0 Å². The Morgan fingerprint density at radius 3 is 2.94 bits per heavy atom. The van der Waals surface area contributed by atoms with Crippen LogP contribution in [0.15, 0.2) is 12.1 Å². The first kappa shape index (κ1) is 12.5. The number of amides is 1. The Morgan fingerprint density at radius 2 is 2.35 bits per heavy atom. The van der Waals surface area contributed by atoms with Crippen LogP contribution in [0.3, 0.4) is 0 Å². The zero-order valence-corrected chi connectivity index (χ0v) is 10.7. The van der Waals surface area contributed by atoms with Crippen LogP contribution in [-0.4, -0.2) is 46.3 Å². The lowest BCUT2D eigenvalue weighted by atomic mass is 9.94. The van der Waals surface area contributed by atoms with E-state index in [1.165, 1.54) is 11.3 Å². The Morgan fingerprint density at radius 1 is 1.59 bits per heavy atom. The van der Waals surface area contributed by atoms with Gasteiger partial charge in [-0.05, 0) is 31.9 Å². The van der Waals surface area contributed by atoms with E-state index in [1.54, 1.807) is 4.90 Å². The minimum absolute atomic E-state index is 0.0466. The van der Waals surface area contributed by atoms with Gasteiger partial charge in [-0.2, -0.15) is 0 Å². The number of hydrogen-bond donors (Lipinski definition) is 2. The number of nitrogens with zero attached hydrogens (tertiary/aromatic N) is 1. The summed E-state index contributed by atoms with van der Waals surface area (Å²) in [7, 11) is 0. The van der Waals surface area contributed by atoms with Crippen molar-refractivity contribution < 1.29 is 15.0 Å². The Hall–Kier alpha value is -0.910. The molecule has 1 aromatic heterocycles. The van der Waals surface area contributed by atoms with E-state index in [0.717, 1.165) is 11.3 Å². The van der Waals surface area contributed by atoms with Crippen LogP contribution < -0.4 is 0 Å². The number of hydrogen-bond acceptors (Lipinski definition) is 4. The van der Waals surface area contributed by atoms with Crippen molar-refractivity contribution in [3.63, 3.8) is 0 Å². The molecule has 2 heterocycles. The molecule has 1 atom stereocenters. The van der Waals surface area contributed by atoms with E-state index in [0.29, 0.717) is 17.8 Å². The monoisotopic (exact) mass is 255 g/mol. The molecule has 0 bridgehead atoms. The van der Waals surface area contributed by atoms with Crippen molar-refractivity contribution in [2.45, 2.75) is 25.4 Å². The summed E-state index contributed by atoms with van der Waals surface area (Å²) in [6, 6.07) is 3.73. The molecule has 4 nitrogen and oxygen atoms in total. The van der Waals surface area contributed by atoms with Gasteiger partial charge in [-0.25, -0.2) is 0 Å². The smallest absolute Gasteiger partial charge is 0.264 e. The van der Waals surface area contributed by atoms with Crippen LogP contribution in [0.25, 0.3) is 0 Å². The first-order valence-corrected chi connectivity index (χ1v) is 6.55. The van der Waals surface area contributed by atoms with Crippen LogP contribution in [-0.2, 0) is 0 Å². The molecule has 0 saturated carbocycles. The molecule has 1 aliphatic heterocycles. The average molecular weight is 255 g/mol. The third-order valence-corrected chi connectivity index (χ3v) is 4.08. The maximum atomic E-state index is 12.2. The van der Waals surface area contributed by atoms with E-state index in [9.17, 15) is 9.90 Å². The number of carbonyl (C=O) groups is 1. The minimum Gasteiger partial charge on any atom is -0.393 e. The number of aryl methyl sites for hydroxylation is 1. The van der Waals surface area contributed by atoms with Crippen LogP contribution in [0.5, 0.6) is 0 Å². The second-order valence-electron chi connectivity index (χ2n) is 4.62. The molecule has 1 aliphatic rings. The lowest BCUT2D eigenvalue weighted by Gasteiger charge is -2.37. The maximum Gasteiger partial charge on any atom is 0.264 e. The third kappa shape index (κ3) is 2.68. The Labute approximate surface area is 104 Å². The summed E-state index contributed by atoms with van der Waals surface area (Å²) < 4.78 is 0. The summed E-state index contributed by atoms with van der Waals surface area (Å²) >= 11 is 1.46. The molecule has 2 rings (SSSR count). The Kier molecular flexibility index (Phi) is 3.51. The molecule has 1 amide bonds. The summed E-state index contributed by atoms with van der Waals surface area (Å²) in [6.45, 7) is 2.54. The van der Waals surface area contributed by atoms with Gasteiger partial charge in [-0.15, -0.1) is 11.3 Å². The van der Waals surface area contributed by atoms with E-state index in [1.807, 2.05) is 19.1 Å². The van der Waals surface area contributed by atoms with Crippen LogP contribution in [0, 0.1) is 6.92 Å². The van der Waals surface area contributed by atoms with Crippen LogP contribution in [0.1, 0.15) is 27.4 Å². The van der Waals surface area contributed by atoms with E-state index in [4.69, 9.17) is 5.11 Å². The highest BCUT2D eigenvalue weighted by atomic mass is 32.1. The van der Waals surface area contributed by atoms with Gasteiger partial charge in [0.15, 0.2) is 0 Å². The molecule has 1 fully saturated rings. The second kappa shape index (κ2) is 4.76. The van der Waals surface area contributed by atoms with Gasteiger partial charge in [0.25, 0.3) is 5.91 Å². The van der Waals surface area contributed by atoms with E-state index in [2.05, 4.69) is 0 Å². The van der Waals surface area contributed by atoms with Crippen molar-refractivity contribution in [1.82, 2.24) is 4.90 Å². The predicted molar refractivity (Wildman–Crippen MR) is 66.2 cm³/mol. The largest absolute Gasteiger partial charge is 0.393 e. The number of thiophene rings is 1. The number of rotatable bonds is 2. The standard InChI is InChI=1S/C12H17NO3S/c1-9-3-4-10(17-9)11(15)13-6-2-5-12(16,7-13)8-14/h3-4,14,16H,2,5-8H2,1H3/t12-/m1/s1. The number of aliphatic hydroxyl groups excluding tert-OH is 1. The van der Waals surface area contributed by atoms with Gasteiger partial charge in [0.2, 0.25) is 0 Å². The normalized spacial score (nSPS) is 25.0. The summed E-state index contributed by atoms with van der Waals surface area (Å²) in [4.78, 5) is 15.6. The van der Waals surface area contributed by atoms with Crippen molar-refractivity contribution in [3.05, 3.63) is 21.9 Å². The summed E-state index contributed by atoms with van der Waals surface area (Å²) in [5, 5.41) is 19.2. The van der Waals surface area contributed by atoms with Gasteiger partial charge in [0, 0.05) is 11.4 Å². The number of likely N-dealkylation sites (tertiary alicyclic amines) is 1. The lowest BCUT2D eigenvalue weighted by Crippen LogP contribution is -2.52. The summed E-state index contributed by atoms with van der Waals surface area (Å²) in [5.74, 6) is -0.0466. The summed E-state index contributed by atoms with van der Waals surface area (Å²) in [6.07, 6.45) is 1.28. The molecular weight excluding hydrogens is 238 g/mol. The molecule has 17 heavy (non-hydrogen) atoms. The zero-order chi connectivity index (χ0) is 12.5. The van der Waals surface area contributed by atoms with Gasteiger partial charge in [-0.3, -0.25) is 4.79 Å². The predicted octanol–water partition coefficient (Wildman–Crippen LogP) is 1.02. The Bertz CT molecular complexity index is 418. The second-order valence-corrected chi connectivity index (χ2v) is 5.91. The van der Waals surface area contributed by atoms with Crippen molar-refractivity contribution in [2.75, 3.05) is 19.7 Å².